The number of thiazole rings is 1. The van der Waals surface area contributed by atoms with Crippen molar-refractivity contribution in [2.24, 2.45) is 0 Å². The molecule has 0 unspecified atom stereocenters. The molecule has 136 valence electrons. The number of hydrogen-bond donors (Lipinski definition) is 0. The van der Waals surface area contributed by atoms with Crippen LogP contribution in [0.3, 0.4) is 0 Å². The van der Waals surface area contributed by atoms with Crippen LogP contribution in [0.15, 0.2) is 48.7 Å². The zero-order valence-electron chi connectivity index (χ0n) is 14.1. The van der Waals surface area contributed by atoms with Crippen molar-refractivity contribution >= 4 is 38.2 Å². The summed E-state index contributed by atoms with van der Waals surface area (Å²) in [5.74, 6) is 0.136. The number of aromatic nitrogens is 2. The van der Waals surface area contributed by atoms with Gasteiger partial charge < -0.3 is 9.47 Å². The summed E-state index contributed by atoms with van der Waals surface area (Å²) in [5, 5.41) is 10.8. The molecule has 2 aromatic heterocycles. The van der Waals surface area contributed by atoms with E-state index in [1.807, 2.05) is 22.7 Å². The first kappa shape index (κ1) is 17.0. The number of esters is 1. The van der Waals surface area contributed by atoms with Gasteiger partial charge in [0.1, 0.15) is 5.75 Å². The Bertz CT molecular complexity index is 1160. The quantitative estimate of drug-likeness (QED) is 0.296. The first-order chi connectivity index (χ1) is 13.0. The van der Waals surface area contributed by atoms with Crippen LogP contribution in [0.1, 0.15) is 0 Å². The van der Waals surface area contributed by atoms with E-state index < -0.39 is 10.9 Å². The number of nitro benzene ring substituents is 1. The number of imidazole rings is 1. The molecule has 0 fully saturated rings. The summed E-state index contributed by atoms with van der Waals surface area (Å²) in [6, 6.07) is 11.8. The molecule has 0 amide bonds. The molecule has 0 N–H and O–H groups in total. The number of rotatable bonds is 5. The van der Waals surface area contributed by atoms with Crippen molar-refractivity contribution in [2.45, 2.75) is 0 Å². The molecule has 8 nitrogen and oxygen atoms in total. The van der Waals surface area contributed by atoms with Gasteiger partial charge in [0.2, 0.25) is 0 Å². The second-order valence-electron chi connectivity index (χ2n) is 5.68. The third-order valence-corrected chi connectivity index (χ3v) is 5.04. The van der Waals surface area contributed by atoms with Crippen LogP contribution in [-0.2, 0) is 9.53 Å². The van der Waals surface area contributed by atoms with Gasteiger partial charge in [-0.3, -0.25) is 14.5 Å². The molecule has 0 saturated carbocycles. The van der Waals surface area contributed by atoms with Gasteiger partial charge in [0, 0.05) is 23.9 Å². The van der Waals surface area contributed by atoms with Crippen molar-refractivity contribution in [1.82, 2.24) is 9.38 Å². The summed E-state index contributed by atoms with van der Waals surface area (Å²) in [7, 11) is 1.31. The number of hydrogen-bond acceptors (Lipinski definition) is 7. The van der Waals surface area contributed by atoms with E-state index in [4.69, 9.17) is 4.74 Å². The van der Waals surface area contributed by atoms with E-state index in [0.29, 0.717) is 5.75 Å². The van der Waals surface area contributed by atoms with Crippen molar-refractivity contribution in [3.8, 4) is 17.0 Å². The molecule has 0 aliphatic rings. The lowest BCUT2D eigenvalue weighted by molar-refractivity contribution is -0.384. The van der Waals surface area contributed by atoms with Gasteiger partial charge in [0.05, 0.1) is 27.9 Å². The number of nitro groups is 1. The van der Waals surface area contributed by atoms with E-state index in [0.717, 1.165) is 26.4 Å². The number of methoxy groups -OCH3 is 1. The standard InChI is InChI=1S/C18H13N3O5S/c1-25-17(22)10-26-13-6-7-15-16(8-13)27-18-19-14(9-20(15)18)11-2-4-12(5-3-11)21(23)24/h2-9H,10H2,1H3. The Morgan fingerprint density at radius 1 is 1.26 bits per heavy atom. The molecule has 9 heteroatoms. The zero-order valence-corrected chi connectivity index (χ0v) is 14.9. The van der Waals surface area contributed by atoms with Gasteiger partial charge in [-0.2, -0.15) is 0 Å². The number of fused-ring (bicyclic) bond motifs is 3. The number of ether oxygens (including phenoxy) is 2. The fourth-order valence-corrected chi connectivity index (χ4v) is 3.70. The van der Waals surface area contributed by atoms with E-state index >= 15 is 0 Å². The summed E-state index contributed by atoms with van der Waals surface area (Å²) in [4.78, 5) is 26.9. The first-order valence-corrected chi connectivity index (χ1v) is 8.73. The highest BCUT2D eigenvalue weighted by molar-refractivity contribution is 7.23. The molecule has 0 saturated heterocycles. The molecule has 2 aromatic carbocycles. The van der Waals surface area contributed by atoms with Crippen molar-refractivity contribution in [3.63, 3.8) is 0 Å². The average Bonchev–Trinajstić information content (AvgIpc) is 3.23. The van der Waals surface area contributed by atoms with Crippen molar-refractivity contribution in [1.29, 1.82) is 0 Å². The maximum atomic E-state index is 11.2. The molecular formula is C18H13N3O5S. The molecule has 0 atom stereocenters. The summed E-state index contributed by atoms with van der Waals surface area (Å²) in [5.41, 5.74) is 2.55. The van der Waals surface area contributed by atoms with Crippen LogP contribution < -0.4 is 4.74 Å². The van der Waals surface area contributed by atoms with Gasteiger partial charge in [0.15, 0.2) is 11.6 Å². The smallest absolute Gasteiger partial charge is 0.343 e. The van der Waals surface area contributed by atoms with Gasteiger partial charge >= 0.3 is 5.97 Å². The Balaban J connectivity index is 1.65. The third kappa shape index (κ3) is 3.20. The lowest BCUT2D eigenvalue weighted by atomic mass is 10.1. The minimum atomic E-state index is -0.441. The molecule has 4 aromatic rings. The van der Waals surface area contributed by atoms with E-state index in [2.05, 4.69) is 9.72 Å². The lowest BCUT2D eigenvalue weighted by Gasteiger charge is -2.04. The van der Waals surface area contributed by atoms with Crippen LogP contribution in [0.5, 0.6) is 5.75 Å². The number of nitrogens with zero attached hydrogens (tertiary/aromatic N) is 3. The van der Waals surface area contributed by atoms with E-state index in [-0.39, 0.29) is 12.3 Å². The highest BCUT2D eigenvalue weighted by atomic mass is 32.1. The molecule has 4 rings (SSSR count). The molecule has 0 bridgehead atoms. The van der Waals surface area contributed by atoms with Crippen LogP contribution in [0.4, 0.5) is 5.69 Å². The normalized spacial score (nSPS) is 11.0. The SMILES string of the molecule is COC(=O)COc1ccc2c(c1)sc1nc(-c3ccc([N+](=O)[O-])cc3)cn12. The predicted molar refractivity (Wildman–Crippen MR) is 100 cm³/mol. The van der Waals surface area contributed by atoms with Crippen molar-refractivity contribution in [3.05, 3.63) is 58.8 Å². The summed E-state index contributed by atoms with van der Waals surface area (Å²) in [6.07, 6.45) is 1.89. The van der Waals surface area contributed by atoms with Gasteiger partial charge in [-0.05, 0) is 30.3 Å². The van der Waals surface area contributed by atoms with Crippen LogP contribution >= 0.6 is 11.3 Å². The van der Waals surface area contributed by atoms with Gasteiger partial charge in [-0.1, -0.05) is 11.3 Å². The Labute approximate surface area is 156 Å². The van der Waals surface area contributed by atoms with E-state index in [1.54, 1.807) is 18.2 Å². The van der Waals surface area contributed by atoms with E-state index in [9.17, 15) is 14.9 Å². The Morgan fingerprint density at radius 3 is 2.74 bits per heavy atom. The van der Waals surface area contributed by atoms with Crippen LogP contribution in [0.2, 0.25) is 0 Å². The maximum Gasteiger partial charge on any atom is 0.343 e. The molecule has 0 aliphatic heterocycles. The third-order valence-electron chi connectivity index (χ3n) is 4.02. The first-order valence-electron chi connectivity index (χ1n) is 7.91. The number of benzene rings is 2. The summed E-state index contributed by atoms with van der Waals surface area (Å²) in [6.45, 7) is -0.144. The van der Waals surface area contributed by atoms with Crippen LogP contribution in [0.25, 0.3) is 26.4 Å². The minimum absolute atomic E-state index is 0.0460. The number of non-ortho nitro benzene ring substituents is 1. The summed E-state index contributed by atoms with van der Waals surface area (Å²) < 4.78 is 12.9. The average molecular weight is 383 g/mol. The summed E-state index contributed by atoms with van der Waals surface area (Å²) >= 11 is 1.49. The molecule has 0 spiro atoms. The Kier molecular flexibility index (Phi) is 4.21. The number of carbonyl (C=O) groups is 1. The fraction of sp³-hybridized carbons (Fsp3) is 0.111. The maximum absolute atomic E-state index is 11.2. The van der Waals surface area contributed by atoms with Gasteiger partial charge in [0.25, 0.3) is 5.69 Å². The highest BCUT2D eigenvalue weighted by Gasteiger charge is 2.13. The van der Waals surface area contributed by atoms with Crippen LogP contribution in [-0.4, -0.2) is 34.0 Å². The zero-order chi connectivity index (χ0) is 19.0. The molecule has 27 heavy (non-hydrogen) atoms. The lowest BCUT2D eigenvalue weighted by Crippen LogP contribution is -2.12. The Morgan fingerprint density at radius 2 is 2.04 bits per heavy atom. The minimum Gasteiger partial charge on any atom is -0.482 e. The van der Waals surface area contributed by atoms with Crippen molar-refractivity contribution in [2.75, 3.05) is 13.7 Å². The number of carbonyl (C=O) groups excluding carboxylic acids is 1. The van der Waals surface area contributed by atoms with Gasteiger partial charge in [-0.25, -0.2) is 9.78 Å². The highest BCUT2D eigenvalue weighted by Crippen LogP contribution is 2.32. The molecule has 2 heterocycles. The van der Waals surface area contributed by atoms with Crippen molar-refractivity contribution < 1.29 is 19.2 Å². The largest absolute Gasteiger partial charge is 0.482 e. The monoisotopic (exact) mass is 383 g/mol. The fourth-order valence-electron chi connectivity index (χ4n) is 2.67. The Hall–Kier alpha value is -3.46. The topological polar surface area (TPSA) is 96.0 Å². The molecular weight excluding hydrogens is 370 g/mol. The molecule has 0 aliphatic carbocycles. The van der Waals surface area contributed by atoms with Gasteiger partial charge in [-0.15, -0.1) is 0 Å². The predicted octanol–water partition coefficient (Wildman–Crippen LogP) is 3.68. The van der Waals surface area contributed by atoms with E-state index in [1.165, 1.54) is 30.6 Å². The van der Waals surface area contributed by atoms with Crippen LogP contribution in [0, 0.1) is 10.1 Å². The second-order valence-corrected chi connectivity index (χ2v) is 6.69. The molecule has 0 radical (unpaired) electrons. The second kappa shape index (κ2) is 6.69.